The third-order valence-electron chi connectivity index (χ3n) is 2.32. The summed E-state index contributed by atoms with van der Waals surface area (Å²) >= 11 is 0. The summed E-state index contributed by atoms with van der Waals surface area (Å²) in [6.45, 7) is 21.2. The van der Waals surface area contributed by atoms with E-state index in [9.17, 15) is 0 Å². The fourth-order valence-electron chi connectivity index (χ4n) is 1.39. The van der Waals surface area contributed by atoms with Gasteiger partial charge in [0.2, 0.25) is 0 Å². The van der Waals surface area contributed by atoms with Gasteiger partial charge >= 0.3 is 0 Å². The van der Waals surface area contributed by atoms with Crippen molar-refractivity contribution in [2.45, 2.75) is 6.92 Å². The van der Waals surface area contributed by atoms with Crippen molar-refractivity contribution in [2.24, 2.45) is 5.92 Å². The first-order valence-corrected chi connectivity index (χ1v) is 5.20. The molecule has 0 amide bonds. The first-order valence-electron chi connectivity index (χ1n) is 5.20. The molecule has 0 heteroatoms. The zero-order valence-corrected chi connectivity index (χ0v) is 10.1. The highest BCUT2D eigenvalue weighted by molar-refractivity contribution is 5.44. The molecule has 0 saturated heterocycles. The Balaban J connectivity index is 5.37. The quantitative estimate of drug-likeness (QED) is 0.533. The molecule has 0 aliphatic rings. The fraction of sp³-hybridized carbons (Fsp3) is 0.125. The van der Waals surface area contributed by atoms with Crippen molar-refractivity contribution >= 4 is 0 Å². The van der Waals surface area contributed by atoms with Crippen LogP contribution >= 0.6 is 0 Å². The van der Waals surface area contributed by atoms with E-state index in [0.717, 1.165) is 16.7 Å². The molecule has 0 heterocycles. The largest absolute Gasteiger partial charge is 0.0988 e. The van der Waals surface area contributed by atoms with Crippen molar-refractivity contribution in [1.29, 1.82) is 0 Å². The number of rotatable bonds is 7. The van der Waals surface area contributed by atoms with Crippen LogP contribution in [0.5, 0.6) is 0 Å². The Kier molecular flexibility index (Phi) is 6.62. The molecule has 0 aromatic heterocycles. The molecule has 0 saturated carbocycles. The van der Waals surface area contributed by atoms with Crippen LogP contribution in [0, 0.1) is 5.92 Å². The summed E-state index contributed by atoms with van der Waals surface area (Å²) in [7, 11) is 0. The monoisotopic (exact) mass is 212 g/mol. The molecule has 16 heavy (non-hydrogen) atoms. The molecule has 0 aromatic rings. The summed E-state index contributed by atoms with van der Waals surface area (Å²) in [5.74, 6) is 0.0173. The fourth-order valence-corrected chi connectivity index (χ4v) is 1.39. The molecule has 0 fully saturated rings. The summed E-state index contributed by atoms with van der Waals surface area (Å²) in [6, 6.07) is 0. The average molecular weight is 212 g/mol. The van der Waals surface area contributed by atoms with E-state index in [1.165, 1.54) is 0 Å². The van der Waals surface area contributed by atoms with Crippen LogP contribution in [0.2, 0.25) is 0 Å². The first kappa shape index (κ1) is 14.2. The summed E-state index contributed by atoms with van der Waals surface area (Å²) in [4.78, 5) is 0. The van der Waals surface area contributed by atoms with Crippen molar-refractivity contribution in [3.05, 3.63) is 86.1 Å². The van der Waals surface area contributed by atoms with Crippen LogP contribution in [-0.2, 0) is 0 Å². The number of hydrogen-bond donors (Lipinski definition) is 0. The van der Waals surface area contributed by atoms with Crippen LogP contribution in [0.3, 0.4) is 0 Å². The van der Waals surface area contributed by atoms with Crippen LogP contribution in [0.25, 0.3) is 0 Å². The topological polar surface area (TPSA) is 0 Å². The van der Waals surface area contributed by atoms with Gasteiger partial charge in [0.1, 0.15) is 0 Å². The van der Waals surface area contributed by atoms with Gasteiger partial charge in [0.05, 0.1) is 0 Å². The molecule has 0 radical (unpaired) electrons. The Morgan fingerprint density at radius 3 is 1.75 bits per heavy atom. The number of hydrogen-bond acceptors (Lipinski definition) is 0. The lowest BCUT2D eigenvalue weighted by atomic mass is 9.85. The molecule has 0 aliphatic carbocycles. The molecule has 0 unspecified atom stereocenters. The van der Waals surface area contributed by atoms with Gasteiger partial charge in [-0.3, -0.25) is 0 Å². The average Bonchev–Trinajstić information content (AvgIpc) is 2.32. The molecule has 0 aliphatic heterocycles. The molecule has 0 atom stereocenters. The van der Waals surface area contributed by atoms with Gasteiger partial charge in [-0.25, -0.2) is 0 Å². The minimum absolute atomic E-state index is 0.0173. The lowest BCUT2D eigenvalue weighted by molar-refractivity contribution is 0.916. The summed E-state index contributed by atoms with van der Waals surface area (Å²) in [5.41, 5.74) is 2.86. The van der Waals surface area contributed by atoms with Gasteiger partial charge in [0.25, 0.3) is 0 Å². The van der Waals surface area contributed by atoms with Gasteiger partial charge in [-0.2, -0.15) is 0 Å². The van der Waals surface area contributed by atoms with E-state index in [4.69, 9.17) is 0 Å². The molecular weight excluding hydrogens is 192 g/mol. The minimum Gasteiger partial charge on any atom is -0.0988 e. The van der Waals surface area contributed by atoms with Crippen LogP contribution in [0.1, 0.15) is 6.92 Å². The van der Waals surface area contributed by atoms with Gasteiger partial charge < -0.3 is 0 Å². The maximum Gasteiger partial charge on any atom is 0.0327 e. The highest BCUT2D eigenvalue weighted by Gasteiger charge is 2.14. The number of allylic oxidation sites excluding steroid dienone is 9. The molecule has 0 spiro atoms. The maximum atomic E-state index is 3.98. The summed E-state index contributed by atoms with van der Waals surface area (Å²) in [5, 5.41) is 0. The molecule has 0 N–H and O–H groups in total. The Morgan fingerprint density at radius 2 is 1.44 bits per heavy atom. The zero-order chi connectivity index (χ0) is 12.6. The lowest BCUT2D eigenvalue weighted by Crippen LogP contribution is -2.06. The van der Waals surface area contributed by atoms with E-state index in [-0.39, 0.29) is 5.92 Å². The standard InChI is InChI=1S/C16H20/c1-7-11-12-15(10-4)16(13(5)8-2)14(6)9-3/h7-12,16H,2-6H2,1H3/b11-7-,15-12+. The normalized spacial score (nSPS) is 11.5. The molecule has 0 aromatic carbocycles. The summed E-state index contributed by atoms with van der Waals surface area (Å²) in [6.07, 6.45) is 11.2. The first-order chi connectivity index (χ1) is 7.62. The third-order valence-corrected chi connectivity index (χ3v) is 2.32. The highest BCUT2D eigenvalue weighted by atomic mass is 14.2. The Labute approximate surface area is 99.4 Å². The lowest BCUT2D eigenvalue weighted by Gasteiger charge is -2.19. The summed E-state index contributed by atoms with van der Waals surface area (Å²) < 4.78 is 0. The van der Waals surface area contributed by atoms with E-state index in [1.807, 2.05) is 31.2 Å². The molecule has 0 rings (SSSR count). The Hall–Kier alpha value is -1.82. The Morgan fingerprint density at radius 1 is 0.938 bits per heavy atom. The van der Waals surface area contributed by atoms with Crippen LogP contribution in [0.4, 0.5) is 0 Å². The maximum absolute atomic E-state index is 3.98. The van der Waals surface area contributed by atoms with E-state index in [0.29, 0.717) is 0 Å². The predicted molar refractivity (Wildman–Crippen MR) is 75.3 cm³/mol. The van der Waals surface area contributed by atoms with Crippen LogP contribution in [-0.4, -0.2) is 0 Å². The Bertz CT molecular complexity index is 341. The van der Waals surface area contributed by atoms with Crippen molar-refractivity contribution in [1.82, 2.24) is 0 Å². The van der Waals surface area contributed by atoms with E-state index < -0.39 is 0 Å². The zero-order valence-electron chi connectivity index (χ0n) is 10.1. The van der Waals surface area contributed by atoms with E-state index in [2.05, 4.69) is 32.9 Å². The van der Waals surface area contributed by atoms with Gasteiger partial charge in [0.15, 0.2) is 0 Å². The molecule has 0 bridgehead atoms. The van der Waals surface area contributed by atoms with Crippen molar-refractivity contribution in [3.8, 4) is 0 Å². The smallest absolute Gasteiger partial charge is 0.0327 e. The highest BCUT2D eigenvalue weighted by Crippen LogP contribution is 2.28. The molecular formula is C16H20. The van der Waals surface area contributed by atoms with Crippen LogP contribution < -0.4 is 0 Å². The second-order valence-corrected chi connectivity index (χ2v) is 3.39. The predicted octanol–water partition coefficient (Wildman–Crippen LogP) is 4.78. The van der Waals surface area contributed by atoms with Crippen molar-refractivity contribution < 1.29 is 0 Å². The second-order valence-electron chi connectivity index (χ2n) is 3.39. The third kappa shape index (κ3) is 3.74. The van der Waals surface area contributed by atoms with Crippen molar-refractivity contribution in [2.75, 3.05) is 0 Å². The molecule has 0 nitrogen and oxygen atoms in total. The minimum atomic E-state index is 0.0173. The molecule has 84 valence electrons. The van der Waals surface area contributed by atoms with E-state index >= 15 is 0 Å². The van der Waals surface area contributed by atoms with E-state index in [1.54, 1.807) is 12.2 Å². The second kappa shape index (κ2) is 7.47. The van der Waals surface area contributed by atoms with Gasteiger partial charge in [-0.1, -0.05) is 69.4 Å². The van der Waals surface area contributed by atoms with Gasteiger partial charge in [-0.05, 0) is 23.6 Å². The SMILES string of the molecule is C=CC(=C)C(C(=C)C=C)/C(C=C)=C/C=C\C. The van der Waals surface area contributed by atoms with Gasteiger partial charge in [-0.15, -0.1) is 0 Å². The van der Waals surface area contributed by atoms with Crippen LogP contribution in [0.15, 0.2) is 86.1 Å². The van der Waals surface area contributed by atoms with Crippen molar-refractivity contribution in [3.63, 3.8) is 0 Å². The van der Waals surface area contributed by atoms with Gasteiger partial charge in [0, 0.05) is 5.92 Å².